The first-order chi connectivity index (χ1) is 9.17. The Labute approximate surface area is 114 Å². The molecule has 0 amide bonds. The van der Waals surface area contributed by atoms with E-state index in [9.17, 15) is 0 Å². The van der Waals surface area contributed by atoms with Crippen LogP contribution in [0.25, 0.3) is 0 Å². The molecule has 2 aromatic heterocycles. The predicted octanol–water partition coefficient (Wildman–Crippen LogP) is 2.01. The van der Waals surface area contributed by atoms with Crippen molar-refractivity contribution in [3.05, 3.63) is 41.0 Å². The van der Waals surface area contributed by atoms with Gasteiger partial charge in [0.1, 0.15) is 0 Å². The summed E-state index contributed by atoms with van der Waals surface area (Å²) in [5, 5.41) is 16.2. The Hall–Kier alpha value is -1.75. The monoisotopic (exact) mass is 259 g/mol. The van der Waals surface area contributed by atoms with Gasteiger partial charge in [0.25, 0.3) is 0 Å². The molecule has 1 atom stereocenters. The molecule has 0 aromatic carbocycles. The van der Waals surface area contributed by atoms with Gasteiger partial charge in [-0.1, -0.05) is 6.92 Å². The minimum absolute atomic E-state index is 0.113. The zero-order valence-electron chi connectivity index (χ0n) is 12.0. The highest BCUT2D eigenvalue weighted by atomic mass is 15.3. The molecule has 0 spiro atoms. The third kappa shape index (κ3) is 2.81. The van der Waals surface area contributed by atoms with Crippen LogP contribution in [0.5, 0.6) is 0 Å². The first-order valence-electron chi connectivity index (χ1n) is 6.73. The molecule has 1 N–H and O–H groups in total. The molecule has 0 aliphatic heterocycles. The zero-order valence-corrected chi connectivity index (χ0v) is 12.0. The molecule has 102 valence electrons. The second-order valence-corrected chi connectivity index (χ2v) is 4.59. The molecule has 0 saturated carbocycles. The molecule has 5 nitrogen and oxygen atoms in total. The second kappa shape index (κ2) is 5.93. The molecule has 0 aliphatic rings. The molecule has 2 heterocycles. The van der Waals surface area contributed by atoms with Crippen LogP contribution in [0, 0.1) is 13.8 Å². The van der Waals surface area contributed by atoms with E-state index in [1.165, 1.54) is 11.3 Å². The van der Waals surface area contributed by atoms with Crippen LogP contribution in [0.2, 0.25) is 0 Å². The summed E-state index contributed by atoms with van der Waals surface area (Å²) in [4.78, 5) is 0. The van der Waals surface area contributed by atoms with E-state index in [4.69, 9.17) is 0 Å². The van der Waals surface area contributed by atoms with Gasteiger partial charge in [-0.05, 0) is 39.4 Å². The van der Waals surface area contributed by atoms with Crippen LogP contribution in [-0.2, 0) is 6.54 Å². The average molecular weight is 259 g/mol. The molecular formula is C14H21N5. The van der Waals surface area contributed by atoms with Gasteiger partial charge in [0.2, 0.25) is 0 Å². The molecule has 2 aromatic rings. The van der Waals surface area contributed by atoms with E-state index >= 15 is 0 Å². The molecule has 5 heteroatoms. The summed E-state index contributed by atoms with van der Waals surface area (Å²) in [5.74, 6) is 0. The van der Waals surface area contributed by atoms with Gasteiger partial charge < -0.3 is 5.32 Å². The lowest BCUT2D eigenvalue weighted by atomic mass is 10.0. The first kappa shape index (κ1) is 13.7. The Morgan fingerprint density at radius 3 is 2.74 bits per heavy atom. The van der Waals surface area contributed by atoms with Crippen LogP contribution in [0.15, 0.2) is 18.3 Å². The Morgan fingerprint density at radius 1 is 1.26 bits per heavy atom. The normalized spacial score (nSPS) is 12.6. The minimum Gasteiger partial charge on any atom is -0.305 e. The average Bonchev–Trinajstić information content (AvgIpc) is 2.87. The van der Waals surface area contributed by atoms with Gasteiger partial charge in [-0.25, -0.2) is 0 Å². The maximum absolute atomic E-state index is 4.36. The van der Waals surface area contributed by atoms with Crippen LogP contribution in [0.4, 0.5) is 0 Å². The first-order valence-corrected chi connectivity index (χ1v) is 6.73. The fourth-order valence-corrected chi connectivity index (χ4v) is 2.29. The van der Waals surface area contributed by atoms with Gasteiger partial charge in [0, 0.05) is 18.3 Å². The molecular weight excluding hydrogens is 238 g/mol. The second-order valence-electron chi connectivity index (χ2n) is 4.59. The quantitative estimate of drug-likeness (QED) is 0.892. The Kier molecular flexibility index (Phi) is 4.27. The standard InChI is InChI=1S/C14H21N5/c1-5-15-14(13-7-8-16-19(13)6-2)12-9-10(3)17-18-11(12)4/h7-9,14-15H,5-6H2,1-4H3. The molecule has 0 aliphatic carbocycles. The minimum atomic E-state index is 0.113. The summed E-state index contributed by atoms with van der Waals surface area (Å²) in [6.45, 7) is 9.93. The van der Waals surface area contributed by atoms with Crippen LogP contribution in [-0.4, -0.2) is 26.5 Å². The summed E-state index contributed by atoms with van der Waals surface area (Å²) < 4.78 is 2.02. The number of nitrogens with zero attached hydrogens (tertiary/aromatic N) is 4. The van der Waals surface area contributed by atoms with Gasteiger partial charge in [-0.3, -0.25) is 4.68 Å². The summed E-state index contributed by atoms with van der Waals surface area (Å²) in [6, 6.07) is 4.27. The fourth-order valence-electron chi connectivity index (χ4n) is 2.29. The third-order valence-electron chi connectivity index (χ3n) is 3.20. The molecule has 2 rings (SSSR count). The van der Waals surface area contributed by atoms with Crippen molar-refractivity contribution >= 4 is 0 Å². The van der Waals surface area contributed by atoms with Crippen molar-refractivity contribution in [1.29, 1.82) is 0 Å². The van der Waals surface area contributed by atoms with E-state index < -0.39 is 0 Å². The van der Waals surface area contributed by atoms with E-state index in [0.717, 1.165) is 24.5 Å². The predicted molar refractivity (Wildman–Crippen MR) is 74.9 cm³/mol. The van der Waals surface area contributed by atoms with E-state index in [2.05, 4.69) is 46.6 Å². The van der Waals surface area contributed by atoms with Crippen molar-refractivity contribution in [2.24, 2.45) is 0 Å². The smallest absolute Gasteiger partial charge is 0.0767 e. The number of rotatable bonds is 5. The maximum atomic E-state index is 4.36. The summed E-state index contributed by atoms with van der Waals surface area (Å²) in [6.07, 6.45) is 1.85. The van der Waals surface area contributed by atoms with E-state index in [1.807, 2.05) is 24.7 Å². The van der Waals surface area contributed by atoms with Gasteiger partial charge in [-0.15, -0.1) is 0 Å². The van der Waals surface area contributed by atoms with Crippen LogP contribution < -0.4 is 5.32 Å². The lowest BCUT2D eigenvalue weighted by Crippen LogP contribution is -2.26. The Balaban J connectivity index is 2.48. The Morgan fingerprint density at radius 2 is 2.05 bits per heavy atom. The van der Waals surface area contributed by atoms with E-state index in [1.54, 1.807) is 0 Å². The van der Waals surface area contributed by atoms with Gasteiger partial charge >= 0.3 is 0 Å². The van der Waals surface area contributed by atoms with Crippen LogP contribution >= 0.6 is 0 Å². The molecule has 0 radical (unpaired) electrons. The SMILES string of the molecule is CCNC(c1cc(C)nnc1C)c1ccnn1CC. The van der Waals surface area contributed by atoms with Crippen LogP contribution in [0.1, 0.15) is 42.5 Å². The highest BCUT2D eigenvalue weighted by Crippen LogP contribution is 2.24. The van der Waals surface area contributed by atoms with Crippen molar-refractivity contribution in [3.8, 4) is 0 Å². The van der Waals surface area contributed by atoms with Crippen molar-refractivity contribution < 1.29 is 0 Å². The Bertz CT molecular complexity index is 547. The van der Waals surface area contributed by atoms with Gasteiger partial charge in [0.15, 0.2) is 0 Å². The van der Waals surface area contributed by atoms with Crippen molar-refractivity contribution in [2.45, 2.75) is 40.3 Å². The zero-order chi connectivity index (χ0) is 13.8. The van der Waals surface area contributed by atoms with E-state index in [0.29, 0.717) is 0 Å². The molecule has 1 unspecified atom stereocenters. The molecule has 19 heavy (non-hydrogen) atoms. The lowest BCUT2D eigenvalue weighted by Gasteiger charge is -2.21. The molecule has 0 fully saturated rings. The third-order valence-corrected chi connectivity index (χ3v) is 3.20. The number of aryl methyl sites for hydroxylation is 3. The van der Waals surface area contributed by atoms with Crippen molar-refractivity contribution in [1.82, 2.24) is 25.3 Å². The largest absolute Gasteiger partial charge is 0.305 e. The molecule has 0 saturated heterocycles. The molecule has 0 bridgehead atoms. The highest BCUT2D eigenvalue weighted by Gasteiger charge is 2.19. The van der Waals surface area contributed by atoms with E-state index in [-0.39, 0.29) is 6.04 Å². The summed E-state index contributed by atoms with van der Waals surface area (Å²) >= 11 is 0. The number of aromatic nitrogens is 4. The lowest BCUT2D eigenvalue weighted by molar-refractivity contribution is 0.538. The summed E-state index contributed by atoms with van der Waals surface area (Å²) in [7, 11) is 0. The number of hydrogen-bond donors (Lipinski definition) is 1. The highest BCUT2D eigenvalue weighted by molar-refractivity contribution is 5.31. The van der Waals surface area contributed by atoms with Crippen molar-refractivity contribution in [3.63, 3.8) is 0 Å². The maximum Gasteiger partial charge on any atom is 0.0767 e. The van der Waals surface area contributed by atoms with Gasteiger partial charge in [-0.2, -0.15) is 15.3 Å². The topological polar surface area (TPSA) is 55.6 Å². The van der Waals surface area contributed by atoms with Gasteiger partial charge in [0.05, 0.1) is 23.1 Å². The fraction of sp³-hybridized carbons (Fsp3) is 0.500. The number of nitrogens with one attached hydrogen (secondary N) is 1. The van der Waals surface area contributed by atoms with Crippen molar-refractivity contribution in [2.75, 3.05) is 6.54 Å². The van der Waals surface area contributed by atoms with Crippen LogP contribution in [0.3, 0.4) is 0 Å². The summed E-state index contributed by atoms with van der Waals surface area (Å²) in [5.41, 5.74) is 4.23. The number of hydrogen-bond acceptors (Lipinski definition) is 4.